The zero-order valence-electron chi connectivity index (χ0n) is 18.4. The molecule has 0 heterocycles. The summed E-state index contributed by atoms with van der Waals surface area (Å²) in [5.41, 5.74) is 5.75. The molecule has 0 amide bonds. The maximum Gasteiger partial charge on any atom is 0.175 e. The fraction of sp³-hybridized carbons (Fsp3) is 0.296. The lowest BCUT2D eigenvalue weighted by molar-refractivity contribution is 0.0502. The SMILES string of the molecule is Cc1cc(CSCC(O)C(O)CS)cc(C)c1C(=O)C(c1ccccc1)c1ccccc1. The van der Waals surface area contributed by atoms with Gasteiger partial charge in [0.15, 0.2) is 5.78 Å². The summed E-state index contributed by atoms with van der Waals surface area (Å²) in [5, 5.41) is 19.6. The fourth-order valence-corrected chi connectivity index (χ4v) is 5.21. The quantitative estimate of drug-likeness (QED) is 0.284. The molecular formula is C27H30O3S2. The summed E-state index contributed by atoms with van der Waals surface area (Å²) in [5.74, 6) is 1.12. The monoisotopic (exact) mass is 466 g/mol. The topological polar surface area (TPSA) is 57.5 Å². The number of hydrogen-bond acceptors (Lipinski definition) is 5. The van der Waals surface area contributed by atoms with Gasteiger partial charge in [0.05, 0.1) is 18.1 Å². The molecule has 3 aromatic carbocycles. The number of aliphatic hydroxyl groups is 2. The van der Waals surface area contributed by atoms with E-state index in [9.17, 15) is 15.0 Å². The van der Waals surface area contributed by atoms with Gasteiger partial charge < -0.3 is 10.2 Å². The van der Waals surface area contributed by atoms with E-state index in [1.807, 2.05) is 74.5 Å². The third kappa shape index (κ3) is 6.04. The maximum absolute atomic E-state index is 13.8. The van der Waals surface area contributed by atoms with Crippen LogP contribution in [0, 0.1) is 13.8 Å². The minimum absolute atomic E-state index is 0.101. The molecule has 0 radical (unpaired) electrons. The van der Waals surface area contributed by atoms with Crippen molar-refractivity contribution >= 4 is 30.2 Å². The number of aryl methyl sites for hydroxylation is 2. The summed E-state index contributed by atoms with van der Waals surface area (Å²) in [6.45, 7) is 3.97. The summed E-state index contributed by atoms with van der Waals surface area (Å²) in [7, 11) is 0. The molecule has 32 heavy (non-hydrogen) atoms. The normalized spacial score (nSPS) is 13.2. The van der Waals surface area contributed by atoms with Crippen LogP contribution < -0.4 is 0 Å². The first kappa shape index (κ1) is 24.6. The maximum atomic E-state index is 13.8. The van der Waals surface area contributed by atoms with Gasteiger partial charge in [-0.25, -0.2) is 0 Å². The molecule has 0 fully saturated rings. The average molecular weight is 467 g/mol. The lowest BCUT2D eigenvalue weighted by atomic mass is 9.82. The van der Waals surface area contributed by atoms with Crippen LogP contribution >= 0.6 is 24.4 Å². The van der Waals surface area contributed by atoms with Crippen molar-refractivity contribution in [3.05, 3.63) is 106 Å². The van der Waals surface area contributed by atoms with Gasteiger partial charge in [-0.05, 0) is 41.7 Å². The Balaban J connectivity index is 1.85. The number of thioether (sulfide) groups is 1. The molecular weight excluding hydrogens is 436 g/mol. The molecule has 0 bridgehead atoms. The summed E-state index contributed by atoms with van der Waals surface area (Å²) in [6, 6.07) is 24.0. The molecule has 0 saturated carbocycles. The van der Waals surface area contributed by atoms with Gasteiger partial charge in [0, 0.05) is 22.8 Å². The highest BCUT2D eigenvalue weighted by Gasteiger charge is 2.26. The van der Waals surface area contributed by atoms with Crippen molar-refractivity contribution in [3.8, 4) is 0 Å². The number of hydrogen-bond donors (Lipinski definition) is 3. The van der Waals surface area contributed by atoms with E-state index < -0.39 is 12.2 Å². The van der Waals surface area contributed by atoms with Crippen molar-refractivity contribution in [3.63, 3.8) is 0 Å². The molecule has 2 N–H and O–H groups in total. The first-order valence-corrected chi connectivity index (χ1v) is 12.5. The molecule has 2 unspecified atom stereocenters. The van der Waals surface area contributed by atoms with Crippen molar-refractivity contribution in [2.45, 2.75) is 37.7 Å². The van der Waals surface area contributed by atoms with Crippen molar-refractivity contribution in [2.75, 3.05) is 11.5 Å². The van der Waals surface area contributed by atoms with E-state index in [4.69, 9.17) is 0 Å². The predicted octanol–water partition coefficient (Wildman–Crippen LogP) is 5.20. The number of rotatable bonds is 10. The third-order valence-electron chi connectivity index (χ3n) is 5.56. The minimum atomic E-state index is -0.817. The summed E-state index contributed by atoms with van der Waals surface area (Å²) in [6.07, 6.45) is -1.61. The Morgan fingerprint density at radius 2 is 1.38 bits per heavy atom. The predicted molar refractivity (Wildman–Crippen MR) is 137 cm³/mol. The van der Waals surface area contributed by atoms with Crippen LogP contribution in [0.2, 0.25) is 0 Å². The first-order valence-electron chi connectivity index (χ1n) is 10.7. The molecule has 0 spiro atoms. The molecule has 2 atom stereocenters. The van der Waals surface area contributed by atoms with Gasteiger partial charge in [0.25, 0.3) is 0 Å². The largest absolute Gasteiger partial charge is 0.390 e. The van der Waals surface area contributed by atoms with E-state index in [-0.39, 0.29) is 17.5 Å². The molecule has 0 aliphatic rings. The summed E-state index contributed by atoms with van der Waals surface area (Å²) >= 11 is 5.58. The number of thiol groups is 1. The van der Waals surface area contributed by atoms with Crippen LogP contribution in [0.4, 0.5) is 0 Å². The van der Waals surface area contributed by atoms with E-state index in [0.717, 1.165) is 33.4 Å². The van der Waals surface area contributed by atoms with Crippen LogP contribution in [0.15, 0.2) is 72.8 Å². The van der Waals surface area contributed by atoms with E-state index in [2.05, 4.69) is 24.8 Å². The Morgan fingerprint density at radius 3 is 1.84 bits per heavy atom. The molecule has 5 heteroatoms. The van der Waals surface area contributed by atoms with Crippen LogP contribution in [0.3, 0.4) is 0 Å². The summed E-state index contributed by atoms with van der Waals surface area (Å²) in [4.78, 5) is 13.8. The van der Waals surface area contributed by atoms with E-state index in [1.165, 1.54) is 0 Å². The highest BCUT2D eigenvalue weighted by Crippen LogP contribution is 2.32. The molecule has 0 aromatic heterocycles. The molecule has 0 aliphatic heterocycles. The molecule has 3 aromatic rings. The van der Waals surface area contributed by atoms with Gasteiger partial charge in [0.2, 0.25) is 0 Å². The second-order valence-corrected chi connectivity index (χ2v) is 9.45. The Bertz CT molecular complexity index is 959. The van der Waals surface area contributed by atoms with Gasteiger partial charge in [-0.15, -0.1) is 0 Å². The van der Waals surface area contributed by atoms with Crippen molar-refractivity contribution in [2.24, 2.45) is 0 Å². The Hall–Kier alpha value is -2.05. The number of carbonyl (C=O) groups excluding carboxylic acids is 1. The highest BCUT2D eigenvalue weighted by atomic mass is 32.2. The minimum Gasteiger partial charge on any atom is -0.390 e. The van der Waals surface area contributed by atoms with Gasteiger partial charge >= 0.3 is 0 Å². The Kier molecular flexibility index (Phi) is 9.00. The summed E-state index contributed by atoms with van der Waals surface area (Å²) < 4.78 is 0. The standard InChI is InChI=1S/C27H30O3S2/c1-18-13-20(16-32-17-24(29)23(28)15-31)14-19(2)25(18)27(30)26(21-9-5-3-6-10-21)22-11-7-4-8-12-22/h3-14,23-24,26,28-29,31H,15-17H2,1-2H3. The number of carbonyl (C=O) groups is 1. The van der Waals surface area contributed by atoms with E-state index in [0.29, 0.717) is 11.5 Å². The Labute approximate surface area is 200 Å². The third-order valence-corrected chi connectivity index (χ3v) is 7.04. The molecule has 0 aliphatic carbocycles. The van der Waals surface area contributed by atoms with Crippen LogP contribution in [0.5, 0.6) is 0 Å². The average Bonchev–Trinajstić information content (AvgIpc) is 2.79. The highest BCUT2D eigenvalue weighted by molar-refractivity contribution is 7.98. The van der Waals surface area contributed by atoms with Crippen molar-refractivity contribution in [1.29, 1.82) is 0 Å². The van der Waals surface area contributed by atoms with Crippen molar-refractivity contribution < 1.29 is 15.0 Å². The number of ketones is 1. The zero-order valence-corrected chi connectivity index (χ0v) is 20.2. The van der Waals surface area contributed by atoms with Gasteiger partial charge in [-0.1, -0.05) is 72.8 Å². The molecule has 0 saturated heterocycles. The molecule has 3 nitrogen and oxygen atoms in total. The second-order valence-electron chi connectivity index (χ2n) is 8.06. The van der Waals surface area contributed by atoms with Crippen LogP contribution in [-0.2, 0) is 5.75 Å². The Morgan fingerprint density at radius 1 is 0.875 bits per heavy atom. The van der Waals surface area contributed by atoms with Gasteiger partial charge in [0.1, 0.15) is 0 Å². The lowest BCUT2D eigenvalue weighted by Gasteiger charge is -2.20. The van der Waals surface area contributed by atoms with Crippen LogP contribution in [-0.4, -0.2) is 39.7 Å². The number of benzene rings is 3. The molecule has 3 rings (SSSR count). The lowest BCUT2D eigenvalue weighted by Crippen LogP contribution is -2.29. The van der Waals surface area contributed by atoms with Crippen LogP contribution in [0.25, 0.3) is 0 Å². The smallest absolute Gasteiger partial charge is 0.175 e. The van der Waals surface area contributed by atoms with E-state index >= 15 is 0 Å². The van der Waals surface area contributed by atoms with Gasteiger partial charge in [-0.2, -0.15) is 24.4 Å². The fourth-order valence-electron chi connectivity index (χ4n) is 3.99. The first-order chi connectivity index (χ1) is 15.4. The van der Waals surface area contributed by atoms with Gasteiger partial charge in [-0.3, -0.25) is 4.79 Å². The second kappa shape index (κ2) is 11.7. The number of aliphatic hydroxyl groups excluding tert-OH is 2. The zero-order chi connectivity index (χ0) is 23.1. The number of Topliss-reactive ketones (excluding diaryl/α,β-unsaturated/α-hetero) is 1. The molecule has 168 valence electrons. The van der Waals surface area contributed by atoms with Crippen LogP contribution in [0.1, 0.15) is 44.1 Å². The van der Waals surface area contributed by atoms with Crippen molar-refractivity contribution in [1.82, 2.24) is 0 Å². The van der Waals surface area contributed by atoms with E-state index in [1.54, 1.807) is 11.8 Å².